The minimum atomic E-state index is -0.553. The first-order valence-electron chi connectivity index (χ1n) is 12.1. The molecule has 0 radical (unpaired) electrons. The molecule has 0 heterocycles. The average molecular weight is 523 g/mol. The van der Waals surface area contributed by atoms with Crippen molar-refractivity contribution in [3.63, 3.8) is 0 Å². The summed E-state index contributed by atoms with van der Waals surface area (Å²) >= 11 is 0. The summed E-state index contributed by atoms with van der Waals surface area (Å²) in [6.45, 7) is 6.17. The summed E-state index contributed by atoms with van der Waals surface area (Å²) in [5, 5.41) is 19.6. The van der Waals surface area contributed by atoms with Crippen LogP contribution in [0.5, 0.6) is 17.2 Å². The number of nitrogens with one attached hydrogen (secondary N) is 3. The van der Waals surface area contributed by atoms with Crippen molar-refractivity contribution in [3.8, 4) is 17.2 Å². The van der Waals surface area contributed by atoms with Crippen molar-refractivity contribution in [2.45, 2.75) is 27.3 Å². The molecule has 3 aromatic rings. The highest BCUT2D eigenvalue weighted by atomic mass is 16.6. The van der Waals surface area contributed by atoms with Gasteiger partial charge in [-0.15, -0.1) is 0 Å². The van der Waals surface area contributed by atoms with Gasteiger partial charge in [-0.25, -0.2) is 4.79 Å². The molecular weight excluding hydrogens is 492 g/mol. The lowest BCUT2D eigenvalue weighted by Gasteiger charge is -2.15. The molecule has 0 aromatic heterocycles. The van der Waals surface area contributed by atoms with Gasteiger partial charge in [0.15, 0.2) is 5.75 Å². The summed E-state index contributed by atoms with van der Waals surface area (Å²) in [7, 11) is 0. The zero-order chi connectivity index (χ0) is 27.5. The summed E-state index contributed by atoms with van der Waals surface area (Å²) in [6, 6.07) is 15.9. The molecule has 0 saturated heterocycles. The first-order valence-corrected chi connectivity index (χ1v) is 12.1. The van der Waals surface area contributed by atoms with Gasteiger partial charge in [0.1, 0.15) is 11.5 Å². The summed E-state index contributed by atoms with van der Waals surface area (Å²) in [4.78, 5) is 36.5. The number of amides is 3. The Bertz CT molecular complexity index is 1280. The standard InChI is InChI=1S/C27H30N4O7/c1-4-36-23-13-12-20(15-21(23)26(32)29-19-10-8-7-9-11-19)30-27(33)28-17-18-14-25(38-6-3)22(31(34)35)16-24(18)37-5-2/h7-16H,4-6,17H2,1-3H3,(H,29,32)(H2,28,30,33). The molecule has 3 N–H and O–H groups in total. The van der Waals surface area contributed by atoms with Gasteiger partial charge in [-0.3, -0.25) is 14.9 Å². The Morgan fingerprint density at radius 3 is 2.11 bits per heavy atom. The van der Waals surface area contributed by atoms with Gasteiger partial charge < -0.3 is 30.2 Å². The first kappa shape index (κ1) is 27.8. The van der Waals surface area contributed by atoms with E-state index in [-0.39, 0.29) is 48.4 Å². The van der Waals surface area contributed by atoms with Crippen molar-refractivity contribution in [2.24, 2.45) is 0 Å². The van der Waals surface area contributed by atoms with E-state index < -0.39 is 11.0 Å². The van der Waals surface area contributed by atoms with Crippen molar-refractivity contribution < 1.29 is 28.7 Å². The molecule has 0 aliphatic rings. The van der Waals surface area contributed by atoms with Crippen LogP contribution in [0.3, 0.4) is 0 Å². The van der Waals surface area contributed by atoms with Gasteiger partial charge in [-0.2, -0.15) is 0 Å². The molecule has 0 fully saturated rings. The van der Waals surface area contributed by atoms with Gasteiger partial charge in [-0.1, -0.05) is 18.2 Å². The molecule has 0 saturated carbocycles. The highest BCUT2D eigenvalue weighted by Crippen LogP contribution is 2.35. The number of carbonyl (C=O) groups is 2. The minimum Gasteiger partial charge on any atom is -0.493 e. The number of para-hydroxylation sites is 1. The van der Waals surface area contributed by atoms with Crippen LogP contribution >= 0.6 is 0 Å². The summed E-state index contributed by atoms with van der Waals surface area (Å²) in [6.07, 6.45) is 0. The number of nitro groups is 1. The largest absolute Gasteiger partial charge is 0.493 e. The third-order valence-corrected chi connectivity index (χ3v) is 5.19. The maximum absolute atomic E-state index is 12.9. The SMILES string of the molecule is CCOc1cc([N+](=O)[O-])c(OCC)cc1CNC(=O)Nc1ccc(OCC)c(C(=O)Nc2ccccc2)c1. The van der Waals surface area contributed by atoms with Crippen LogP contribution in [0, 0.1) is 10.1 Å². The fourth-order valence-corrected chi connectivity index (χ4v) is 3.57. The van der Waals surface area contributed by atoms with Crippen molar-refractivity contribution >= 4 is 29.0 Å². The number of hydrogen-bond donors (Lipinski definition) is 3. The Hall–Kier alpha value is -4.80. The lowest BCUT2D eigenvalue weighted by molar-refractivity contribution is -0.385. The van der Waals surface area contributed by atoms with E-state index in [1.165, 1.54) is 18.2 Å². The molecule has 0 aliphatic heterocycles. The Morgan fingerprint density at radius 2 is 1.45 bits per heavy atom. The van der Waals surface area contributed by atoms with Gasteiger partial charge in [-0.05, 0) is 57.2 Å². The number of nitrogens with zero attached hydrogens (tertiary/aromatic N) is 1. The minimum absolute atomic E-state index is 0.0115. The number of anilines is 2. The summed E-state index contributed by atoms with van der Waals surface area (Å²) in [5.41, 5.74) is 1.53. The Kier molecular flexibility index (Phi) is 9.86. The van der Waals surface area contributed by atoms with E-state index in [1.807, 2.05) is 13.0 Å². The molecule has 11 nitrogen and oxygen atoms in total. The van der Waals surface area contributed by atoms with E-state index in [9.17, 15) is 19.7 Å². The molecule has 0 unspecified atom stereocenters. The quantitative estimate of drug-likeness (QED) is 0.215. The molecule has 0 aliphatic carbocycles. The van der Waals surface area contributed by atoms with E-state index in [0.717, 1.165) is 0 Å². The molecule has 11 heteroatoms. The topological polar surface area (TPSA) is 141 Å². The average Bonchev–Trinajstić information content (AvgIpc) is 2.90. The highest BCUT2D eigenvalue weighted by Gasteiger charge is 2.21. The molecule has 0 bridgehead atoms. The Labute approximate surface area is 220 Å². The molecule has 200 valence electrons. The second-order valence-electron chi connectivity index (χ2n) is 7.82. The lowest BCUT2D eigenvalue weighted by atomic mass is 10.1. The second kappa shape index (κ2) is 13.5. The van der Waals surface area contributed by atoms with E-state index in [1.54, 1.807) is 50.2 Å². The normalized spacial score (nSPS) is 10.3. The molecule has 3 rings (SSSR count). The van der Waals surface area contributed by atoms with Crippen molar-refractivity contribution in [1.29, 1.82) is 0 Å². The van der Waals surface area contributed by atoms with Gasteiger partial charge >= 0.3 is 11.7 Å². The van der Waals surface area contributed by atoms with Crippen LogP contribution in [-0.4, -0.2) is 36.7 Å². The van der Waals surface area contributed by atoms with Crippen molar-refractivity contribution in [1.82, 2.24) is 5.32 Å². The van der Waals surface area contributed by atoms with Crippen LogP contribution in [0.15, 0.2) is 60.7 Å². The zero-order valence-electron chi connectivity index (χ0n) is 21.4. The maximum Gasteiger partial charge on any atom is 0.319 e. The third-order valence-electron chi connectivity index (χ3n) is 5.19. The van der Waals surface area contributed by atoms with Crippen LogP contribution in [0.2, 0.25) is 0 Å². The van der Waals surface area contributed by atoms with Crippen LogP contribution in [0.1, 0.15) is 36.7 Å². The number of hydrogen-bond acceptors (Lipinski definition) is 7. The first-order chi connectivity index (χ1) is 18.4. The van der Waals surface area contributed by atoms with Crippen molar-refractivity contribution in [3.05, 3.63) is 81.9 Å². The fourth-order valence-electron chi connectivity index (χ4n) is 3.57. The number of ether oxygens (including phenoxy) is 3. The number of urea groups is 1. The predicted octanol–water partition coefficient (Wildman–Crippen LogP) is 5.36. The van der Waals surface area contributed by atoms with Gasteiger partial charge in [0.25, 0.3) is 5.91 Å². The smallest absolute Gasteiger partial charge is 0.319 e. The maximum atomic E-state index is 12.9. The van der Waals surface area contributed by atoms with Crippen LogP contribution in [0.4, 0.5) is 21.9 Å². The van der Waals surface area contributed by atoms with E-state index in [2.05, 4.69) is 16.0 Å². The predicted molar refractivity (Wildman–Crippen MR) is 143 cm³/mol. The third kappa shape index (κ3) is 7.36. The number of benzene rings is 3. The Balaban J connectivity index is 1.76. The Morgan fingerprint density at radius 1 is 0.789 bits per heavy atom. The monoisotopic (exact) mass is 522 g/mol. The number of rotatable bonds is 12. The van der Waals surface area contributed by atoms with Crippen LogP contribution in [0.25, 0.3) is 0 Å². The van der Waals surface area contributed by atoms with Gasteiger partial charge in [0.2, 0.25) is 0 Å². The van der Waals surface area contributed by atoms with Crippen LogP contribution < -0.4 is 30.2 Å². The molecule has 0 atom stereocenters. The van der Waals surface area contributed by atoms with Gasteiger partial charge in [0.05, 0.1) is 36.4 Å². The number of carbonyl (C=O) groups excluding carboxylic acids is 2. The molecule has 3 aromatic carbocycles. The molecule has 3 amide bonds. The summed E-state index contributed by atoms with van der Waals surface area (Å²) in [5.74, 6) is 0.338. The lowest BCUT2D eigenvalue weighted by Crippen LogP contribution is -2.28. The van der Waals surface area contributed by atoms with Gasteiger partial charge in [0, 0.05) is 23.5 Å². The molecule has 38 heavy (non-hydrogen) atoms. The zero-order valence-corrected chi connectivity index (χ0v) is 21.4. The number of nitro benzene ring substituents is 1. The van der Waals surface area contributed by atoms with E-state index in [0.29, 0.717) is 29.3 Å². The highest BCUT2D eigenvalue weighted by molar-refractivity contribution is 6.07. The molecule has 0 spiro atoms. The van der Waals surface area contributed by atoms with Crippen LogP contribution in [-0.2, 0) is 6.54 Å². The molecular formula is C27H30N4O7. The van der Waals surface area contributed by atoms with E-state index >= 15 is 0 Å². The van der Waals surface area contributed by atoms with Crippen molar-refractivity contribution in [2.75, 3.05) is 30.5 Å². The second-order valence-corrected chi connectivity index (χ2v) is 7.82. The fraction of sp³-hybridized carbons (Fsp3) is 0.259. The van der Waals surface area contributed by atoms with E-state index in [4.69, 9.17) is 14.2 Å². The summed E-state index contributed by atoms with van der Waals surface area (Å²) < 4.78 is 16.5.